The van der Waals surface area contributed by atoms with E-state index < -0.39 is 6.10 Å². The summed E-state index contributed by atoms with van der Waals surface area (Å²) in [7, 11) is 0. The molecule has 1 fully saturated rings. The number of hydrogen-bond acceptors (Lipinski definition) is 12. The zero-order chi connectivity index (χ0) is 29.2. The van der Waals surface area contributed by atoms with Gasteiger partial charge in [-0.05, 0) is 32.4 Å². The van der Waals surface area contributed by atoms with Gasteiger partial charge in [0, 0.05) is 45.0 Å². The Morgan fingerprint density at radius 3 is 2.71 bits per heavy atom. The number of aliphatic hydroxyl groups is 1. The third kappa shape index (κ3) is 7.86. The number of ether oxygens (including phenoxy) is 2. The highest BCUT2D eigenvalue weighted by Gasteiger charge is 2.31. The predicted octanol–water partition coefficient (Wildman–Crippen LogP) is 3.05. The van der Waals surface area contributed by atoms with Crippen LogP contribution in [-0.4, -0.2) is 93.3 Å². The first kappa shape index (κ1) is 29.6. The van der Waals surface area contributed by atoms with E-state index in [2.05, 4.69) is 20.6 Å². The molecule has 41 heavy (non-hydrogen) atoms. The topological polar surface area (TPSA) is 162 Å². The van der Waals surface area contributed by atoms with Crippen molar-refractivity contribution < 1.29 is 19.4 Å². The molecule has 4 rings (SSSR count). The lowest BCUT2D eigenvalue weighted by molar-refractivity contribution is 0.0793. The number of amides is 1. The van der Waals surface area contributed by atoms with Crippen LogP contribution in [0.3, 0.4) is 0 Å². The van der Waals surface area contributed by atoms with E-state index in [9.17, 15) is 9.90 Å². The number of carbonyl (C=O) groups excluding carboxylic acids is 1. The average molecular weight is 564 g/mol. The first-order chi connectivity index (χ1) is 19.9. The molecule has 218 valence electrons. The number of rotatable bonds is 12. The minimum Gasteiger partial charge on any atom is -0.445 e. The van der Waals surface area contributed by atoms with Crippen molar-refractivity contribution in [3.63, 3.8) is 0 Å². The molecule has 1 saturated heterocycles. The Bertz CT molecular complexity index is 1290. The molecule has 13 nitrogen and oxygen atoms in total. The summed E-state index contributed by atoms with van der Waals surface area (Å²) < 4.78 is 11.0. The van der Waals surface area contributed by atoms with Crippen LogP contribution in [0.4, 0.5) is 28.1 Å². The fraction of sp³-hybridized carbons (Fsp3) is 0.429. The maximum atomic E-state index is 12.8. The Labute approximate surface area is 239 Å². The van der Waals surface area contributed by atoms with Gasteiger partial charge in [-0.3, -0.25) is 0 Å². The zero-order valence-corrected chi connectivity index (χ0v) is 23.6. The van der Waals surface area contributed by atoms with Gasteiger partial charge in [-0.2, -0.15) is 4.98 Å². The molecule has 0 radical (unpaired) electrons. The number of benzene rings is 1. The third-order valence-corrected chi connectivity index (χ3v) is 6.50. The van der Waals surface area contributed by atoms with Gasteiger partial charge in [0.1, 0.15) is 30.1 Å². The number of nitrogens with one attached hydrogen (secondary N) is 3. The third-order valence-electron chi connectivity index (χ3n) is 6.50. The molecule has 0 aliphatic carbocycles. The Morgan fingerprint density at radius 2 is 2.02 bits per heavy atom. The molecule has 1 unspecified atom stereocenters. The first-order valence-electron chi connectivity index (χ1n) is 13.6. The van der Waals surface area contributed by atoms with E-state index in [4.69, 9.17) is 24.9 Å². The van der Waals surface area contributed by atoms with E-state index in [1.807, 2.05) is 49.1 Å². The molecule has 0 bridgehead atoms. The molecule has 1 aliphatic rings. The number of hydrogen-bond donors (Lipinski definition) is 4. The molecular weight excluding hydrogens is 526 g/mol. The summed E-state index contributed by atoms with van der Waals surface area (Å²) in [6.45, 7) is 8.35. The molecule has 3 heterocycles. The van der Waals surface area contributed by atoms with Crippen LogP contribution < -0.4 is 15.5 Å². The largest absolute Gasteiger partial charge is 0.445 e. The minimum absolute atomic E-state index is 0.0607. The van der Waals surface area contributed by atoms with Crippen molar-refractivity contribution in [1.29, 1.82) is 5.41 Å². The molecule has 4 N–H and O–H groups in total. The van der Waals surface area contributed by atoms with Crippen LogP contribution >= 0.6 is 0 Å². The van der Waals surface area contributed by atoms with Gasteiger partial charge in [0.25, 0.3) is 0 Å². The van der Waals surface area contributed by atoms with Crippen molar-refractivity contribution in [1.82, 2.24) is 24.8 Å². The second-order valence-electron chi connectivity index (χ2n) is 9.56. The van der Waals surface area contributed by atoms with Crippen LogP contribution in [0.15, 0.2) is 48.9 Å². The summed E-state index contributed by atoms with van der Waals surface area (Å²) in [5.74, 6) is 1.26. The Morgan fingerprint density at radius 1 is 1.22 bits per heavy atom. The lowest BCUT2D eigenvalue weighted by atomic mass is 10.1. The Balaban J connectivity index is 1.57. The summed E-state index contributed by atoms with van der Waals surface area (Å²) in [6.07, 6.45) is 1.59. The number of carbonyl (C=O) groups is 1. The van der Waals surface area contributed by atoms with Crippen molar-refractivity contribution in [2.45, 2.75) is 39.5 Å². The van der Waals surface area contributed by atoms with Crippen LogP contribution in [0.1, 0.15) is 32.0 Å². The minimum atomic E-state index is -1.06. The van der Waals surface area contributed by atoms with Crippen LogP contribution in [0.5, 0.6) is 0 Å². The van der Waals surface area contributed by atoms with Gasteiger partial charge in [0.2, 0.25) is 5.95 Å². The van der Waals surface area contributed by atoms with E-state index >= 15 is 0 Å². The van der Waals surface area contributed by atoms with Gasteiger partial charge >= 0.3 is 6.09 Å². The molecule has 13 heteroatoms. The lowest BCUT2D eigenvalue weighted by Crippen LogP contribution is -2.54. The highest BCUT2D eigenvalue weighted by molar-refractivity contribution is 6.06. The normalized spacial score (nSPS) is 15.8. The monoisotopic (exact) mass is 563 g/mol. The molecule has 1 amide bonds. The van der Waals surface area contributed by atoms with E-state index in [1.165, 1.54) is 13.3 Å². The van der Waals surface area contributed by atoms with Crippen molar-refractivity contribution in [3.8, 4) is 0 Å². The molecule has 2 aromatic heterocycles. The molecule has 1 aliphatic heterocycles. The second-order valence-corrected chi connectivity index (χ2v) is 9.56. The van der Waals surface area contributed by atoms with E-state index in [1.54, 1.807) is 17.2 Å². The van der Waals surface area contributed by atoms with Crippen molar-refractivity contribution >= 4 is 35.1 Å². The van der Waals surface area contributed by atoms with Crippen LogP contribution in [0.25, 0.3) is 0 Å². The maximum Gasteiger partial charge on any atom is 0.410 e. The SMILES string of the molecule is CCOCCNc1c(Nc2ccncn2)nc(N2CCN(C(=O)OCc3ccccc3)[C@H](C)C2)nc1C(=N)C(C)O. The van der Waals surface area contributed by atoms with E-state index in [0.717, 1.165) is 5.56 Å². The van der Waals surface area contributed by atoms with Crippen molar-refractivity contribution in [3.05, 3.63) is 60.2 Å². The van der Waals surface area contributed by atoms with Gasteiger partial charge in [0.05, 0.1) is 18.4 Å². The molecule has 3 aromatic rings. The molecule has 0 spiro atoms. The quantitative estimate of drug-likeness (QED) is 0.189. The van der Waals surface area contributed by atoms with Crippen LogP contribution in [0.2, 0.25) is 0 Å². The number of nitrogens with zero attached hydrogens (tertiary/aromatic N) is 6. The lowest BCUT2D eigenvalue weighted by Gasteiger charge is -2.39. The van der Waals surface area contributed by atoms with Gasteiger partial charge in [-0.1, -0.05) is 30.3 Å². The number of anilines is 4. The van der Waals surface area contributed by atoms with Crippen LogP contribution in [0, 0.1) is 5.41 Å². The second kappa shape index (κ2) is 14.3. The van der Waals surface area contributed by atoms with Crippen LogP contribution in [-0.2, 0) is 16.1 Å². The standard InChI is InChI=1S/C28H37N9O4/c1-4-40-15-12-31-25-24(23(29)20(3)38)34-27(35-26(25)33-22-10-11-30-18-32-22)36-13-14-37(19(2)16-36)28(39)41-17-21-8-6-5-7-9-21/h5-11,18-20,29,31,38H,4,12-17H2,1-3H3,(H,30,32,33,34,35)/t19-,20?/m1/s1. The van der Waals surface area contributed by atoms with Crippen molar-refractivity contribution in [2.24, 2.45) is 0 Å². The highest BCUT2D eigenvalue weighted by atomic mass is 16.6. The fourth-order valence-electron chi connectivity index (χ4n) is 4.33. The summed E-state index contributed by atoms with van der Waals surface area (Å²) in [4.78, 5) is 34.2. The van der Waals surface area contributed by atoms with Gasteiger partial charge in [-0.25, -0.2) is 19.7 Å². The predicted molar refractivity (Wildman–Crippen MR) is 156 cm³/mol. The number of aromatic nitrogens is 4. The van der Waals surface area contributed by atoms with Gasteiger partial charge in [0.15, 0.2) is 5.82 Å². The summed E-state index contributed by atoms with van der Waals surface area (Å²) in [5, 5.41) is 25.4. The summed E-state index contributed by atoms with van der Waals surface area (Å²) in [5.41, 5.74) is 1.58. The van der Waals surface area contributed by atoms with Gasteiger partial charge < -0.3 is 40.4 Å². The number of piperazine rings is 1. The van der Waals surface area contributed by atoms with E-state index in [-0.39, 0.29) is 30.1 Å². The molecule has 1 aromatic carbocycles. The molecular formula is C28H37N9O4. The highest BCUT2D eigenvalue weighted by Crippen LogP contribution is 2.30. The smallest absolute Gasteiger partial charge is 0.410 e. The summed E-state index contributed by atoms with van der Waals surface area (Å²) >= 11 is 0. The average Bonchev–Trinajstić information content (AvgIpc) is 2.99. The maximum absolute atomic E-state index is 12.8. The van der Waals surface area contributed by atoms with Crippen molar-refractivity contribution in [2.75, 3.05) is 54.9 Å². The Kier molecular flexibility index (Phi) is 10.3. The number of aliphatic hydroxyl groups excluding tert-OH is 1. The van der Waals surface area contributed by atoms with Gasteiger partial charge in [-0.15, -0.1) is 0 Å². The first-order valence-corrected chi connectivity index (χ1v) is 13.6. The summed E-state index contributed by atoms with van der Waals surface area (Å²) in [6, 6.07) is 11.1. The molecule has 0 saturated carbocycles. The zero-order valence-electron chi connectivity index (χ0n) is 23.6. The Hall–Kier alpha value is -4.36. The molecule has 2 atom stereocenters. The van der Waals surface area contributed by atoms with E-state index in [0.29, 0.717) is 62.7 Å². The fourth-order valence-corrected chi connectivity index (χ4v) is 4.33.